The van der Waals surface area contributed by atoms with Crippen LogP contribution in [0.4, 0.5) is 0 Å². The van der Waals surface area contributed by atoms with E-state index in [1.165, 1.54) is 6.42 Å². The Morgan fingerprint density at radius 3 is 2.12 bits per heavy atom. The van der Waals surface area contributed by atoms with Crippen LogP contribution in [0.5, 0.6) is 0 Å². The minimum absolute atomic E-state index is 0.0795. The summed E-state index contributed by atoms with van der Waals surface area (Å²) in [5.41, 5.74) is 2.65. The number of nitrogens with one attached hydrogen (secondary N) is 1. The topological polar surface area (TPSA) is 55.4 Å². The summed E-state index contributed by atoms with van der Waals surface area (Å²) in [6, 6.07) is 5.93. The maximum atomic E-state index is 12.1. The lowest BCUT2D eigenvalue weighted by atomic mass is 10.1. The van der Waals surface area contributed by atoms with Crippen molar-refractivity contribution in [3.63, 3.8) is 0 Å². The highest BCUT2D eigenvalue weighted by molar-refractivity contribution is 5.76. The fraction of sp³-hybridized carbons (Fsp3) is 0.414. The maximum Gasteiger partial charge on any atom is 0.225 e. The summed E-state index contributed by atoms with van der Waals surface area (Å²) in [6.07, 6.45) is 29.1. The van der Waals surface area contributed by atoms with Crippen LogP contribution in [0, 0.1) is 0 Å². The van der Waals surface area contributed by atoms with E-state index >= 15 is 0 Å². The minimum Gasteiger partial charge on any atom is -0.353 e. The van der Waals surface area contributed by atoms with Crippen LogP contribution in [0.15, 0.2) is 88.6 Å². The third-order valence-corrected chi connectivity index (χ3v) is 5.21. The van der Waals surface area contributed by atoms with E-state index in [9.17, 15) is 4.79 Å². The molecule has 1 amide bonds. The number of hydrogen-bond donors (Lipinski definition) is 1. The number of hydrogen-bond acceptors (Lipinski definition) is 3. The van der Waals surface area contributed by atoms with Crippen LogP contribution in [0.1, 0.15) is 70.3 Å². The van der Waals surface area contributed by atoms with E-state index in [0.29, 0.717) is 6.42 Å². The first-order chi connectivity index (χ1) is 16.2. The summed E-state index contributed by atoms with van der Waals surface area (Å²) in [4.78, 5) is 12.1. The van der Waals surface area contributed by atoms with Gasteiger partial charge < -0.3 is 5.32 Å². The van der Waals surface area contributed by atoms with Crippen LogP contribution in [-0.4, -0.2) is 11.9 Å². The van der Waals surface area contributed by atoms with Gasteiger partial charge in [0.1, 0.15) is 0 Å². The van der Waals surface area contributed by atoms with Crippen LogP contribution in [0.3, 0.4) is 0 Å². The van der Waals surface area contributed by atoms with Crippen molar-refractivity contribution in [2.24, 2.45) is 0 Å². The summed E-state index contributed by atoms with van der Waals surface area (Å²) in [5, 5.41) is 3.06. The minimum atomic E-state index is 0.0795. The molecular weight excluding hydrogens is 410 g/mol. The van der Waals surface area contributed by atoms with E-state index in [1.54, 1.807) is 0 Å². The Labute approximate surface area is 198 Å². The summed E-state index contributed by atoms with van der Waals surface area (Å²) >= 11 is 0. The second-order valence-corrected chi connectivity index (χ2v) is 8.31. The number of carbonyl (C=O) groups excluding carboxylic acids is 1. The van der Waals surface area contributed by atoms with Gasteiger partial charge in [0, 0.05) is 12.5 Å². The van der Waals surface area contributed by atoms with Crippen LogP contribution in [0.25, 0.3) is 11.2 Å². The fourth-order valence-electron chi connectivity index (χ4n) is 3.42. The first-order valence-electron chi connectivity index (χ1n) is 12.2. The van der Waals surface area contributed by atoms with Crippen molar-refractivity contribution in [2.45, 2.75) is 77.2 Å². The number of amides is 1. The van der Waals surface area contributed by atoms with Gasteiger partial charge in [-0.3, -0.25) is 13.9 Å². The van der Waals surface area contributed by atoms with Gasteiger partial charge in [-0.05, 0) is 82.4 Å². The molecule has 1 heterocycles. The number of benzene rings is 1. The molecule has 2 aromatic rings. The molecule has 0 saturated carbocycles. The molecule has 0 radical (unpaired) electrons. The van der Waals surface area contributed by atoms with E-state index in [1.807, 2.05) is 31.2 Å². The number of fused-ring (bicyclic) bond motifs is 1. The van der Waals surface area contributed by atoms with Crippen molar-refractivity contribution in [3.05, 3.63) is 85.0 Å². The molecule has 1 atom stereocenters. The summed E-state index contributed by atoms with van der Waals surface area (Å²) in [7, 11) is 0. The smallest absolute Gasteiger partial charge is 0.225 e. The van der Waals surface area contributed by atoms with Crippen molar-refractivity contribution in [2.75, 3.05) is 0 Å². The van der Waals surface area contributed by atoms with Crippen molar-refractivity contribution in [3.8, 4) is 0 Å². The molecule has 0 aliphatic carbocycles. The number of rotatable bonds is 17. The van der Waals surface area contributed by atoms with E-state index in [2.05, 4.69) is 60.5 Å². The summed E-state index contributed by atoms with van der Waals surface area (Å²) in [6.45, 7) is 5.75. The molecule has 0 spiro atoms. The van der Waals surface area contributed by atoms with Crippen LogP contribution in [-0.2, 0) is 11.2 Å². The highest BCUT2D eigenvalue weighted by Crippen LogP contribution is 2.20. The number of allylic oxidation sites excluding steroid dienone is 9. The first-order valence-corrected chi connectivity index (χ1v) is 12.2. The zero-order valence-electron chi connectivity index (χ0n) is 20.0. The molecule has 0 aliphatic rings. The second-order valence-electron chi connectivity index (χ2n) is 8.31. The molecule has 0 saturated heterocycles. The van der Waals surface area contributed by atoms with E-state index in [4.69, 9.17) is 9.15 Å². The highest BCUT2D eigenvalue weighted by Gasteiger charge is 2.10. The van der Waals surface area contributed by atoms with Gasteiger partial charge >= 0.3 is 0 Å². The van der Waals surface area contributed by atoms with Gasteiger partial charge in [-0.15, -0.1) is 6.58 Å². The number of unbranched alkanes of at least 4 members (excludes halogenated alkanes) is 3. The van der Waals surface area contributed by atoms with Crippen molar-refractivity contribution < 1.29 is 13.9 Å². The first kappa shape index (κ1) is 26.2. The third-order valence-electron chi connectivity index (χ3n) is 5.21. The van der Waals surface area contributed by atoms with Gasteiger partial charge in [-0.2, -0.15) is 0 Å². The third kappa shape index (κ3) is 12.0. The summed E-state index contributed by atoms with van der Waals surface area (Å²) in [5.74, 6) is 0.0876. The zero-order chi connectivity index (χ0) is 23.6. The normalized spacial score (nSPS) is 13.2. The van der Waals surface area contributed by atoms with Crippen molar-refractivity contribution in [1.29, 1.82) is 0 Å². The molecule has 178 valence electrons. The second kappa shape index (κ2) is 16.6. The van der Waals surface area contributed by atoms with Crippen LogP contribution in [0.2, 0.25) is 0 Å². The van der Waals surface area contributed by atoms with Crippen molar-refractivity contribution >= 4 is 17.1 Å². The lowest BCUT2D eigenvalue weighted by Gasteiger charge is -2.14. The Morgan fingerprint density at radius 1 is 0.879 bits per heavy atom. The van der Waals surface area contributed by atoms with Gasteiger partial charge in [-0.25, -0.2) is 0 Å². The Kier molecular flexibility index (Phi) is 13.2. The molecule has 0 bridgehead atoms. The molecule has 4 nitrogen and oxygen atoms in total. The SMILES string of the molecule is C=CCCC/C=C\C/C=C/CC/C=C\C/C=C/CCC(=O)NC(C)Cc1ccc2ooc2c1. The molecule has 1 aromatic heterocycles. The molecule has 0 fully saturated rings. The predicted molar refractivity (Wildman–Crippen MR) is 138 cm³/mol. The van der Waals surface area contributed by atoms with Gasteiger partial charge in [0.2, 0.25) is 17.1 Å². The van der Waals surface area contributed by atoms with Gasteiger partial charge in [-0.1, -0.05) is 60.8 Å². The molecule has 33 heavy (non-hydrogen) atoms. The predicted octanol–water partition coefficient (Wildman–Crippen LogP) is 7.99. The number of carbonyl (C=O) groups is 1. The zero-order valence-corrected chi connectivity index (χ0v) is 20.0. The molecular formula is C29H39NO3. The molecule has 4 heteroatoms. The molecule has 2 rings (SSSR count). The Morgan fingerprint density at radius 2 is 1.52 bits per heavy atom. The fourth-order valence-corrected chi connectivity index (χ4v) is 3.42. The van der Waals surface area contributed by atoms with Crippen molar-refractivity contribution in [1.82, 2.24) is 5.32 Å². The quantitative estimate of drug-likeness (QED) is 0.151. The van der Waals surface area contributed by atoms with Gasteiger partial charge in [0.15, 0.2) is 0 Å². The van der Waals surface area contributed by atoms with Gasteiger partial charge in [0.05, 0.1) is 0 Å². The lowest BCUT2D eigenvalue weighted by molar-refractivity contribution is -0.121. The standard InChI is InChI=1S/C29H39NO3/c1-3-4-5-6-7-8-9-10-11-12-13-14-15-16-17-18-19-20-29(31)30-25(2)23-26-21-22-27-28(24-26)33-32-27/h3,7-8,10-11,14-15,17-18,21-22,24-25H,1,4-6,9,12-13,16,19-20,23H2,2H3,(H,30,31)/b8-7-,11-10+,15-14-,18-17+. The van der Waals surface area contributed by atoms with Crippen LogP contribution < -0.4 is 5.32 Å². The largest absolute Gasteiger partial charge is 0.353 e. The molecule has 0 aliphatic heterocycles. The monoisotopic (exact) mass is 449 g/mol. The average molecular weight is 450 g/mol. The van der Waals surface area contributed by atoms with E-state index in [0.717, 1.165) is 68.1 Å². The van der Waals surface area contributed by atoms with Gasteiger partial charge in [0.25, 0.3) is 0 Å². The Hall–Kier alpha value is -3.01. The maximum absolute atomic E-state index is 12.1. The summed E-state index contributed by atoms with van der Waals surface area (Å²) < 4.78 is 9.75. The van der Waals surface area contributed by atoms with E-state index < -0.39 is 0 Å². The Balaban J connectivity index is 1.45. The van der Waals surface area contributed by atoms with Crippen LogP contribution >= 0.6 is 0 Å². The average Bonchev–Trinajstić information content (AvgIpc) is 2.77. The molecule has 1 aromatic carbocycles. The highest BCUT2D eigenvalue weighted by atomic mass is 17.0. The molecule has 1 N–H and O–H groups in total. The van der Waals surface area contributed by atoms with E-state index in [-0.39, 0.29) is 11.9 Å². The lowest BCUT2D eigenvalue weighted by Crippen LogP contribution is -2.33. The Bertz CT molecular complexity index is 926. The molecule has 1 unspecified atom stereocenters.